The summed E-state index contributed by atoms with van der Waals surface area (Å²) < 4.78 is 22.8. The SMILES string of the molecule is CCOc1ccc(OC/C(=C/F)CN)cc1. The summed E-state index contributed by atoms with van der Waals surface area (Å²) in [5.74, 6) is 1.45. The molecule has 4 heteroatoms. The summed E-state index contributed by atoms with van der Waals surface area (Å²) in [6, 6.07) is 7.16. The minimum atomic E-state index is 0.160. The molecule has 0 aromatic heterocycles. The van der Waals surface area contributed by atoms with Gasteiger partial charge in [-0.05, 0) is 31.2 Å². The van der Waals surface area contributed by atoms with Crippen LogP contribution < -0.4 is 15.2 Å². The fraction of sp³-hybridized carbons (Fsp3) is 0.333. The molecule has 0 amide bonds. The van der Waals surface area contributed by atoms with E-state index in [0.29, 0.717) is 24.3 Å². The average Bonchev–Trinajstić information content (AvgIpc) is 2.33. The van der Waals surface area contributed by atoms with Gasteiger partial charge in [-0.1, -0.05) is 0 Å². The van der Waals surface area contributed by atoms with Crippen molar-refractivity contribution in [1.82, 2.24) is 0 Å². The molecule has 0 saturated heterocycles. The monoisotopic (exact) mass is 225 g/mol. The Hall–Kier alpha value is -1.55. The van der Waals surface area contributed by atoms with Crippen LogP contribution in [0.2, 0.25) is 0 Å². The lowest BCUT2D eigenvalue weighted by atomic mass is 10.3. The van der Waals surface area contributed by atoms with Crippen LogP contribution in [0.4, 0.5) is 4.39 Å². The molecule has 0 aliphatic heterocycles. The normalized spacial score (nSPS) is 11.3. The molecule has 0 unspecified atom stereocenters. The third-order valence-electron chi connectivity index (χ3n) is 1.98. The highest BCUT2D eigenvalue weighted by molar-refractivity contribution is 5.31. The number of benzene rings is 1. The van der Waals surface area contributed by atoms with Crippen LogP contribution in [0.5, 0.6) is 11.5 Å². The van der Waals surface area contributed by atoms with Gasteiger partial charge in [-0.3, -0.25) is 0 Å². The Kier molecular flexibility index (Phi) is 5.36. The van der Waals surface area contributed by atoms with Gasteiger partial charge in [0.05, 0.1) is 12.9 Å². The second-order valence-corrected chi connectivity index (χ2v) is 3.16. The predicted octanol–water partition coefficient (Wildman–Crippen LogP) is 2.28. The van der Waals surface area contributed by atoms with Gasteiger partial charge in [-0.2, -0.15) is 0 Å². The van der Waals surface area contributed by atoms with Gasteiger partial charge >= 0.3 is 0 Å². The first-order valence-electron chi connectivity index (χ1n) is 5.14. The number of ether oxygens (including phenoxy) is 2. The fourth-order valence-corrected chi connectivity index (χ4v) is 1.11. The van der Waals surface area contributed by atoms with E-state index in [1.165, 1.54) is 0 Å². The second-order valence-electron chi connectivity index (χ2n) is 3.16. The molecule has 0 fully saturated rings. The standard InChI is InChI=1S/C12H16FNO2/c1-2-15-11-3-5-12(6-4-11)16-9-10(7-13)8-14/h3-7H,2,8-9,14H2,1H3/b10-7+. The van der Waals surface area contributed by atoms with Gasteiger partial charge in [0.15, 0.2) is 0 Å². The molecule has 88 valence electrons. The quantitative estimate of drug-likeness (QED) is 0.807. The van der Waals surface area contributed by atoms with Crippen LogP contribution in [0.1, 0.15) is 6.92 Å². The van der Waals surface area contributed by atoms with Gasteiger partial charge in [0.1, 0.15) is 18.1 Å². The lowest BCUT2D eigenvalue weighted by Gasteiger charge is -2.08. The number of rotatable bonds is 6. The zero-order chi connectivity index (χ0) is 11.8. The van der Waals surface area contributed by atoms with Gasteiger partial charge in [-0.15, -0.1) is 0 Å². The van der Waals surface area contributed by atoms with Crippen molar-refractivity contribution in [3.63, 3.8) is 0 Å². The Labute approximate surface area is 94.7 Å². The molecule has 1 rings (SSSR count). The zero-order valence-electron chi connectivity index (χ0n) is 9.28. The van der Waals surface area contributed by atoms with Crippen LogP contribution >= 0.6 is 0 Å². The van der Waals surface area contributed by atoms with Crippen LogP contribution in [0, 0.1) is 0 Å². The lowest BCUT2D eigenvalue weighted by molar-refractivity contribution is 0.333. The third-order valence-corrected chi connectivity index (χ3v) is 1.98. The first-order valence-corrected chi connectivity index (χ1v) is 5.14. The van der Waals surface area contributed by atoms with Crippen LogP contribution in [0.15, 0.2) is 36.2 Å². The van der Waals surface area contributed by atoms with Crippen molar-refractivity contribution >= 4 is 0 Å². The van der Waals surface area contributed by atoms with E-state index in [-0.39, 0.29) is 13.2 Å². The molecular weight excluding hydrogens is 209 g/mol. The molecule has 0 heterocycles. The summed E-state index contributed by atoms with van der Waals surface area (Å²) in [5, 5.41) is 0. The maximum Gasteiger partial charge on any atom is 0.120 e. The number of hydrogen-bond donors (Lipinski definition) is 1. The highest BCUT2D eigenvalue weighted by Crippen LogP contribution is 2.17. The molecule has 2 N–H and O–H groups in total. The van der Waals surface area contributed by atoms with Gasteiger partial charge in [0, 0.05) is 12.1 Å². The van der Waals surface area contributed by atoms with E-state index < -0.39 is 0 Å². The Morgan fingerprint density at radius 1 is 1.25 bits per heavy atom. The van der Waals surface area contributed by atoms with Crippen molar-refractivity contribution in [2.75, 3.05) is 19.8 Å². The van der Waals surface area contributed by atoms with Crippen molar-refractivity contribution in [1.29, 1.82) is 0 Å². The molecule has 1 aromatic carbocycles. The summed E-state index contributed by atoms with van der Waals surface area (Å²) in [5.41, 5.74) is 5.73. The van der Waals surface area contributed by atoms with E-state index >= 15 is 0 Å². The number of halogens is 1. The second kappa shape index (κ2) is 6.85. The molecule has 0 aliphatic rings. The summed E-state index contributed by atoms with van der Waals surface area (Å²) in [6.07, 6.45) is 0.481. The fourth-order valence-electron chi connectivity index (χ4n) is 1.11. The third kappa shape index (κ3) is 3.90. The predicted molar refractivity (Wildman–Crippen MR) is 61.4 cm³/mol. The largest absolute Gasteiger partial charge is 0.494 e. The Morgan fingerprint density at radius 2 is 1.81 bits per heavy atom. The summed E-state index contributed by atoms with van der Waals surface area (Å²) in [7, 11) is 0. The van der Waals surface area contributed by atoms with Crippen molar-refractivity contribution in [2.45, 2.75) is 6.92 Å². The van der Waals surface area contributed by atoms with E-state index in [0.717, 1.165) is 5.75 Å². The Morgan fingerprint density at radius 3 is 2.25 bits per heavy atom. The summed E-state index contributed by atoms with van der Waals surface area (Å²) in [4.78, 5) is 0. The Balaban J connectivity index is 2.49. The maximum atomic E-state index is 12.2. The van der Waals surface area contributed by atoms with Crippen LogP contribution in [0.25, 0.3) is 0 Å². The number of nitrogens with two attached hydrogens (primary N) is 1. The molecule has 16 heavy (non-hydrogen) atoms. The van der Waals surface area contributed by atoms with Gasteiger partial charge in [-0.25, -0.2) is 4.39 Å². The van der Waals surface area contributed by atoms with Gasteiger partial charge < -0.3 is 15.2 Å². The van der Waals surface area contributed by atoms with E-state index in [4.69, 9.17) is 15.2 Å². The van der Waals surface area contributed by atoms with Crippen LogP contribution in [-0.2, 0) is 0 Å². The summed E-state index contributed by atoms with van der Waals surface area (Å²) in [6.45, 7) is 2.88. The topological polar surface area (TPSA) is 44.5 Å². The van der Waals surface area contributed by atoms with E-state index in [1.54, 1.807) is 24.3 Å². The average molecular weight is 225 g/mol. The molecule has 0 atom stereocenters. The first kappa shape index (κ1) is 12.5. The van der Waals surface area contributed by atoms with Gasteiger partial charge in [0.25, 0.3) is 0 Å². The lowest BCUT2D eigenvalue weighted by Crippen LogP contribution is -2.10. The molecule has 0 saturated carbocycles. The zero-order valence-corrected chi connectivity index (χ0v) is 9.28. The molecule has 0 bridgehead atoms. The highest BCUT2D eigenvalue weighted by Gasteiger charge is 1.98. The Bertz CT molecular complexity index is 335. The molecular formula is C12H16FNO2. The molecule has 1 aromatic rings. The summed E-state index contributed by atoms with van der Waals surface area (Å²) >= 11 is 0. The molecule has 0 aliphatic carbocycles. The van der Waals surface area contributed by atoms with Crippen molar-refractivity contribution in [2.24, 2.45) is 5.73 Å². The molecule has 3 nitrogen and oxygen atoms in total. The van der Waals surface area contributed by atoms with E-state index in [9.17, 15) is 4.39 Å². The minimum absolute atomic E-state index is 0.160. The van der Waals surface area contributed by atoms with Crippen molar-refractivity contribution in [3.05, 3.63) is 36.2 Å². The molecule has 0 radical (unpaired) electrons. The van der Waals surface area contributed by atoms with Crippen LogP contribution in [-0.4, -0.2) is 19.8 Å². The number of hydrogen-bond acceptors (Lipinski definition) is 3. The van der Waals surface area contributed by atoms with Gasteiger partial charge in [0.2, 0.25) is 0 Å². The first-order chi connectivity index (χ1) is 7.80. The smallest absolute Gasteiger partial charge is 0.120 e. The minimum Gasteiger partial charge on any atom is -0.494 e. The maximum absolute atomic E-state index is 12.2. The van der Waals surface area contributed by atoms with E-state index in [2.05, 4.69) is 0 Å². The van der Waals surface area contributed by atoms with Crippen molar-refractivity contribution < 1.29 is 13.9 Å². The highest BCUT2D eigenvalue weighted by atomic mass is 19.1. The molecule has 0 spiro atoms. The van der Waals surface area contributed by atoms with Crippen molar-refractivity contribution in [3.8, 4) is 11.5 Å². The van der Waals surface area contributed by atoms with E-state index in [1.807, 2.05) is 6.92 Å². The van der Waals surface area contributed by atoms with Crippen LogP contribution in [0.3, 0.4) is 0 Å².